The number of carbonyl (C=O) groups is 2. The van der Waals surface area contributed by atoms with Gasteiger partial charge in [-0.1, -0.05) is 41.6 Å². The number of nitrogens with zero attached hydrogens (tertiary/aromatic N) is 3. The van der Waals surface area contributed by atoms with Gasteiger partial charge in [-0.3, -0.25) is 14.2 Å². The van der Waals surface area contributed by atoms with Gasteiger partial charge in [0.05, 0.1) is 10.6 Å². The number of thiophene rings is 1. The fourth-order valence-electron chi connectivity index (χ4n) is 3.18. The van der Waals surface area contributed by atoms with Crippen LogP contribution in [0.25, 0.3) is 17.1 Å². The van der Waals surface area contributed by atoms with Gasteiger partial charge in [-0.25, -0.2) is 0 Å². The Hall–Kier alpha value is -2.94. The van der Waals surface area contributed by atoms with Crippen molar-refractivity contribution in [2.24, 2.45) is 0 Å². The molecule has 4 rings (SSSR count). The zero-order chi connectivity index (χ0) is 23.2. The molecule has 2 aromatic carbocycles. The summed E-state index contributed by atoms with van der Waals surface area (Å²) in [5.41, 5.74) is 1.80. The second-order valence-corrected chi connectivity index (χ2v) is 9.74. The molecule has 6 nitrogen and oxygen atoms in total. The minimum absolute atomic E-state index is 0.0337. The highest BCUT2D eigenvalue weighted by Crippen LogP contribution is 2.29. The maximum absolute atomic E-state index is 12.8. The summed E-state index contributed by atoms with van der Waals surface area (Å²) in [6, 6.07) is 21.0. The van der Waals surface area contributed by atoms with Crippen LogP contribution in [0.3, 0.4) is 0 Å². The number of hydrogen-bond donors (Lipinski definition) is 1. The zero-order valence-corrected chi connectivity index (χ0v) is 20.2. The van der Waals surface area contributed by atoms with Crippen molar-refractivity contribution >= 4 is 46.4 Å². The molecule has 0 aliphatic heterocycles. The Morgan fingerprint density at radius 3 is 2.52 bits per heavy atom. The number of hydrogen-bond acceptors (Lipinski definition) is 6. The van der Waals surface area contributed by atoms with E-state index in [0.29, 0.717) is 33.8 Å². The first-order chi connectivity index (χ1) is 16.0. The molecule has 0 spiro atoms. The predicted molar refractivity (Wildman–Crippen MR) is 134 cm³/mol. The summed E-state index contributed by atoms with van der Waals surface area (Å²) in [5, 5.41) is 12.8. The van der Waals surface area contributed by atoms with Crippen molar-refractivity contribution in [3.63, 3.8) is 0 Å². The van der Waals surface area contributed by atoms with E-state index >= 15 is 0 Å². The Bertz CT molecular complexity index is 1250. The van der Waals surface area contributed by atoms with Crippen molar-refractivity contribution in [1.82, 2.24) is 20.1 Å². The molecule has 0 saturated carbocycles. The summed E-state index contributed by atoms with van der Waals surface area (Å²) < 4.78 is 1.95. The number of para-hydroxylation sites is 1. The lowest BCUT2D eigenvalue weighted by molar-refractivity contribution is -0.118. The average Bonchev–Trinajstić information content (AvgIpc) is 3.46. The van der Waals surface area contributed by atoms with Crippen molar-refractivity contribution in [3.05, 3.63) is 81.5 Å². The highest BCUT2D eigenvalue weighted by Gasteiger charge is 2.18. The Morgan fingerprint density at radius 1 is 1.03 bits per heavy atom. The van der Waals surface area contributed by atoms with Crippen molar-refractivity contribution < 1.29 is 9.59 Å². The van der Waals surface area contributed by atoms with Crippen LogP contribution < -0.4 is 5.32 Å². The van der Waals surface area contributed by atoms with Crippen LogP contribution in [-0.4, -0.2) is 38.8 Å². The number of aromatic nitrogens is 3. The molecule has 168 valence electrons. The van der Waals surface area contributed by atoms with Crippen LogP contribution in [0, 0.1) is 0 Å². The van der Waals surface area contributed by atoms with Gasteiger partial charge in [-0.15, -0.1) is 21.5 Å². The third kappa shape index (κ3) is 5.90. The summed E-state index contributed by atoms with van der Waals surface area (Å²) in [4.78, 5) is 25.6. The molecule has 0 aliphatic rings. The van der Waals surface area contributed by atoms with E-state index < -0.39 is 0 Å². The van der Waals surface area contributed by atoms with Crippen LogP contribution in [-0.2, 0) is 11.2 Å². The fraction of sp³-hybridized carbons (Fsp3) is 0.167. The Balaban J connectivity index is 1.51. The van der Waals surface area contributed by atoms with Gasteiger partial charge < -0.3 is 5.32 Å². The molecule has 0 atom stereocenters. The number of halogens is 1. The highest BCUT2D eigenvalue weighted by atomic mass is 35.5. The molecule has 0 aliphatic carbocycles. The van der Waals surface area contributed by atoms with E-state index in [2.05, 4.69) is 15.5 Å². The number of benzene rings is 2. The minimum Gasteiger partial charge on any atom is -0.356 e. The fourth-order valence-corrected chi connectivity index (χ4v) is 5.18. The van der Waals surface area contributed by atoms with Gasteiger partial charge >= 0.3 is 0 Å². The van der Waals surface area contributed by atoms with Gasteiger partial charge in [0.2, 0.25) is 5.91 Å². The third-order valence-corrected chi connectivity index (χ3v) is 7.13. The second-order valence-electron chi connectivity index (χ2n) is 7.19. The SMILES string of the molecule is CC(=O)NCCc1ccc(C(=O)CSc2nnc(-c3ccc(Cl)cc3)n2-c2ccccc2)s1. The Morgan fingerprint density at radius 2 is 1.79 bits per heavy atom. The van der Waals surface area contributed by atoms with Gasteiger partial charge in [0.15, 0.2) is 16.8 Å². The van der Waals surface area contributed by atoms with E-state index in [4.69, 9.17) is 11.6 Å². The summed E-state index contributed by atoms with van der Waals surface area (Å²) in [6.07, 6.45) is 0.706. The van der Waals surface area contributed by atoms with Gasteiger partial charge in [-0.05, 0) is 55.0 Å². The van der Waals surface area contributed by atoms with Crippen LogP contribution in [0.2, 0.25) is 5.02 Å². The molecule has 0 radical (unpaired) electrons. The number of ketones is 1. The lowest BCUT2D eigenvalue weighted by Crippen LogP contribution is -2.22. The van der Waals surface area contributed by atoms with Crippen molar-refractivity contribution in [1.29, 1.82) is 0 Å². The summed E-state index contributed by atoms with van der Waals surface area (Å²) >= 11 is 8.87. The molecule has 1 amide bonds. The maximum Gasteiger partial charge on any atom is 0.216 e. The summed E-state index contributed by atoms with van der Waals surface area (Å²) in [6.45, 7) is 2.05. The number of nitrogens with one attached hydrogen (secondary N) is 1. The Labute approximate surface area is 205 Å². The van der Waals surface area contributed by atoms with E-state index in [1.807, 2.05) is 71.3 Å². The molecule has 1 N–H and O–H groups in total. The topological polar surface area (TPSA) is 76.9 Å². The van der Waals surface area contributed by atoms with E-state index in [0.717, 1.165) is 16.1 Å². The predicted octanol–water partition coefficient (Wildman–Crippen LogP) is 5.30. The largest absolute Gasteiger partial charge is 0.356 e. The van der Waals surface area contributed by atoms with Crippen LogP contribution in [0.1, 0.15) is 21.5 Å². The van der Waals surface area contributed by atoms with Crippen LogP contribution in [0.15, 0.2) is 71.9 Å². The molecular formula is C24H21ClN4O2S2. The first kappa shape index (κ1) is 23.2. The first-order valence-electron chi connectivity index (χ1n) is 10.3. The summed E-state index contributed by atoms with van der Waals surface area (Å²) in [5.74, 6) is 0.910. The Kier molecular flexibility index (Phi) is 7.59. The molecule has 0 fully saturated rings. The van der Waals surface area contributed by atoms with Crippen molar-refractivity contribution in [2.75, 3.05) is 12.3 Å². The average molecular weight is 497 g/mol. The van der Waals surface area contributed by atoms with E-state index in [9.17, 15) is 9.59 Å². The number of rotatable bonds is 9. The molecule has 2 aromatic heterocycles. The van der Waals surface area contributed by atoms with E-state index in [1.165, 1.54) is 30.0 Å². The van der Waals surface area contributed by atoms with Crippen LogP contribution >= 0.6 is 34.7 Å². The minimum atomic E-state index is -0.0558. The lowest BCUT2D eigenvalue weighted by Gasteiger charge is -2.10. The van der Waals surface area contributed by atoms with Crippen molar-refractivity contribution in [3.8, 4) is 17.1 Å². The number of Topliss-reactive ketones (excluding diaryl/α,β-unsaturated/α-hetero) is 1. The lowest BCUT2D eigenvalue weighted by atomic mass is 10.2. The zero-order valence-electron chi connectivity index (χ0n) is 17.8. The van der Waals surface area contributed by atoms with E-state index in [1.54, 1.807) is 0 Å². The molecular weight excluding hydrogens is 476 g/mol. The maximum atomic E-state index is 12.8. The van der Waals surface area contributed by atoms with Crippen LogP contribution in [0.5, 0.6) is 0 Å². The van der Waals surface area contributed by atoms with Crippen molar-refractivity contribution in [2.45, 2.75) is 18.5 Å². The molecule has 4 aromatic rings. The molecule has 2 heterocycles. The quantitative estimate of drug-likeness (QED) is 0.251. The van der Waals surface area contributed by atoms with Gasteiger partial charge in [0, 0.05) is 34.6 Å². The molecule has 0 saturated heterocycles. The highest BCUT2D eigenvalue weighted by molar-refractivity contribution is 7.99. The first-order valence-corrected chi connectivity index (χ1v) is 12.4. The van der Waals surface area contributed by atoms with Gasteiger partial charge in [0.25, 0.3) is 0 Å². The molecule has 9 heteroatoms. The normalized spacial score (nSPS) is 10.8. The summed E-state index contributed by atoms with van der Waals surface area (Å²) in [7, 11) is 0. The monoisotopic (exact) mass is 496 g/mol. The molecule has 0 bridgehead atoms. The van der Waals surface area contributed by atoms with Crippen LogP contribution in [0.4, 0.5) is 0 Å². The van der Waals surface area contributed by atoms with Gasteiger partial charge in [-0.2, -0.15) is 0 Å². The number of thioether (sulfide) groups is 1. The van der Waals surface area contributed by atoms with Gasteiger partial charge in [0.1, 0.15) is 0 Å². The van der Waals surface area contributed by atoms with E-state index in [-0.39, 0.29) is 17.4 Å². The second kappa shape index (κ2) is 10.8. The molecule has 0 unspecified atom stereocenters. The standard InChI is InChI=1S/C24H21ClN4O2S2/c1-16(30)26-14-13-20-11-12-22(33-20)21(31)15-32-24-28-27-23(17-7-9-18(25)10-8-17)29(24)19-5-3-2-4-6-19/h2-12H,13-15H2,1H3,(H,26,30). The number of carbonyl (C=O) groups excluding carboxylic acids is 2. The third-order valence-electron chi connectivity index (χ3n) is 4.76. The number of amides is 1. The molecule has 33 heavy (non-hydrogen) atoms. The smallest absolute Gasteiger partial charge is 0.216 e.